The zero-order valence-electron chi connectivity index (χ0n) is 15.7. The molecule has 3 N–H and O–H groups in total. The van der Waals surface area contributed by atoms with Crippen LogP contribution in [-0.2, 0) is 13.0 Å². The van der Waals surface area contributed by atoms with Crippen LogP contribution in [0.3, 0.4) is 0 Å². The number of aliphatic hydroxyl groups is 1. The van der Waals surface area contributed by atoms with E-state index in [1.165, 1.54) is 12.3 Å². The Hall–Kier alpha value is -2.90. The summed E-state index contributed by atoms with van der Waals surface area (Å²) in [5.41, 5.74) is 1.07. The Morgan fingerprint density at radius 2 is 2.07 bits per heavy atom. The van der Waals surface area contributed by atoms with E-state index in [0.717, 1.165) is 0 Å². The molecule has 0 atom stereocenters. The van der Waals surface area contributed by atoms with Gasteiger partial charge in [0.15, 0.2) is 0 Å². The minimum atomic E-state index is -1.35. The van der Waals surface area contributed by atoms with Crippen LogP contribution in [0.5, 0.6) is 0 Å². The third-order valence-electron chi connectivity index (χ3n) is 4.60. The maximum atomic E-state index is 14.3. The molecular formula is C21H20ClFN2O4. The first-order chi connectivity index (χ1) is 13.9. The number of halogens is 2. The van der Waals surface area contributed by atoms with E-state index in [4.69, 9.17) is 11.6 Å². The predicted octanol–water partition coefficient (Wildman–Crippen LogP) is 3.51. The number of aromatic carboxylic acids is 1. The monoisotopic (exact) mass is 418 g/mol. The number of carboxylic acids is 1. The average molecular weight is 419 g/mol. The van der Waals surface area contributed by atoms with E-state index < -0.39 is 17.2 Å². The van der Waals surface area contributed by atoms with Crippen molar-refractivity contribution in [3.8, 4) is 0 Å². The lowest BCUT2D eigenvalue weighted by molar-refractivity contribution is 0.0694. The second-order valence-corrected chi connectivity index (χ2v) is 6.96. The minimum absolute atomic E-state index is 0.00802. The summed E-state index contributed by atoms with van der Waals surface area (Å²) in [6.45, 7) is 2.34. The molecule has 6 nitrogen and oxygen atoms in total. The number of hydrogen-bond acceptors (Lipinski definition) is 4. The molecule has 0 saturated heterocycles. The van der Waals surface area contributed by atoms with Crippen molar-refractivity contribution in [2.45, 2.75) is 19.9 Å². The van der Waals surface area contributed by atoms with Crippen molar-refractivity contribution < 1.29 is 19.4 Å². The van der Waals surface area contributed by atoms with E-state index in [9.17, 15) is 24.2 Å². The largest absolute Gasteiger partial charge is 0.477 e. The molecule has 0 aliphatic heterocycles. The van der Waals surface area contributed by atoms with Crippen LogP contribution in [0, 0.1) is 5.82 Å². The van der Waals surface area contributed by atoms with Crippen LogP contribution >= 0.6 is 11.6 Å². The smallest absolute Gasteiger partial charge is 0.341 e. The van der Waals surface area contributed by atoms with Crippen LogP contribution in [0.15, 0.2) is 41.3 Å². The van der Waals surface area contributed by atoms with Gasteiger partial charge in [-0.25, -0.2) is 9.18 Å². The highest BCUT2D eigenvalue weighted by molar-refractivity contribution is 6.30. The molecule has 0 saturated carbocycles. The van der Waals surface area contributed by atoms with Crippen LogP contribution in [0.25, 0.3) is 10.9 Å². The van der Waals surface area contributed by atoms with Crippen molar-refractivity contribution in [1.82, 2.24) is 4.57 Å². The van der Waals surface area contributed by atoms with E-state index in [-0.39, 0.29) is 35.5 Å². The fraction of sp³-hybridized carbons (Fsp3) is 0.238. The lowest BCUT2D eigenvalue weighted by Gasteiger charge is -2.17. The number of aliphatic hydroxyl groups excluding tert-OH is 1. The zero-order chi connectivity index (χ0) is 21.1. The first kappa shape index (κ1) is 20.8. The summed E-state index contributed by atoms with van der Waals surface area (Å²) in [4.78, 5) is 24.4. The van der Waals surface area contributed by atoms with Gasteiger partial charge in [-0.2, -0.15) is 0 Å². The fourth-order valence-electron chi connectivity index (χ4n) is 3.37. The number of anilines is 1. The Labute approximate surface area is 171 Å². The highest BCUT2D eigenvalue weighted by atomic mass is 35.5. The Morgan fingerprint density at radius 1 is 1.31 bits per heavy atom. The first-order valence-corrected chi connectivity index (χ1v) is 9.46. The van der Waals surface area contributed by atoms with Crippen molar-refractivity contribution >= 4 is 34.2 Å². The highest BCUT2D eigenvalue weighted by Crippen LogP contribution is 2.27. The molecule has 3 rings (SSSR count). The third kappa shape index (κ3) is 4.11. The Bertz CT molecular complexity index is 1140. The fourth-order valence-corrected chi connectivity index (χ4v) is 3.56. The van der Waals surface area contributed by atoms with Crippen molar-refractivity contribution in [3.63, 3.8) is 0 Å². The molecular weight excluding hydrogens is 399 g/mol. The topological polar surface area (TPSA) is 91.6 Å². The van der Waals surface area contributed by atoms with E-state index in [1.807, 2.05) is 6.92 Å². The van der Waals surface area contributed by atoms with Gasteiger partial charge in [-0.15, -0.1) is 0 Å². The lowest BCUT2D eigenvalue weighted by Crippen LogP contribution is -2.21. The standard InChI is InChI=1S/C21H20ClFN2O4/c1-2-24-17-10-12(8-13-4-3-5-16(22)18(13)23)9-14-19(17)25(6-7-26)11-15(20(14)27)21(28)29/h3-5,9-11,24,26H,2,6-8H2,1H3,(H,28,29). The molecule has 152 valence electrons. The number of benzene rings is 2. The number of hydrogen-bond donors (Lipinski definition) is 3. The van der Waals surface area contributed by atoms with Gasteiger partial charge in [0, 0.05) is 31.1 Å². The first-order valence-electron chi connectivity index (χ1n) is 9.08. The maximum Gasteiger partial charge on any atom is 0.341 e. The van der Waals surface area contributed by atoms with Gasteiger partial charge in [0.05, 0.1) is 22.8 Å². The van der Waals surface area contributed by atoms with Crippen molar-refractivity contribution in [3.05, 3.63) is 74.3 Å². The number of nitrogens with zero attached hydrogens (tertiary/aromatic N) is 1. The molecule has 1 heterocycles. The van der Waals surface area contributed by atoms with E-state index in [1.54, 1.807) is 28.8 Å². The van der Waals surface area contributed by atoms with Crippen molar-refractivity contribution in [2.75, 3.05) is 18.5 Å². The number of rotatable bonds is 7. The third-order valence-corrected chi connectivity index (χ3v) is 4.89. The summed E-state index contributed by atoms with van der Waals surface area (Å²) in [5, 5.41) is 22.2. The number of pyridine rings is 1. The Balaban J connectivity index is 2.28. The van der Waals surface area contributed by atoms with Gasteiger partial charge < -0.3 is 20.1 Å². The summed E-state index contributed by atoms with van der Waals surface area (Å²) in [7, 11) is 0. The molecule has 29 heavy (non-hydrogen) atoms. The van der Waals surface area contributed by atoms with Gasteiger partial charge in [0.1, 0.15) is 11.4 Å². The quantitative estimate of drug-likeness (QED) is 0.546. The lowest BCUT2D eigenvalue weighted by atomic mass is 10.00. The molecule has 0 amide bonds. The maximum absolute atomic E-state index is 14.3. The second-order valence-electron chi connectivity index (χ2n) is 6.55. The Kier molecular flexibility index (Phi) is 6.20. The van der Waals surface area contributed by atoms with E-state index >= 15 is 0 Å². The highest BCUT2D eigenvalue weighted by Gasteiger charge is 2.18. The van der Waals surface area contributed by atoms with Gasteiger partial charge in [0.2, 0.25) is 5.43 Å². The zero-order valence-corrected chi connectivity index (χ0v) is 16.5. The van der Waals surface area contributed by atoms with Crippen molar-refractivity contribution in [2.24, 2.45) is 0 Å². The van der Waals surface area contributed by atoms with Crippen LogP contribution in [0.2, 0.25) is 5.02 Å². The summed E-state index contributed by atoms with van der Waals surface area (Å²) >= 11 is 5.86. The van der Waals surface area contributed by atoms with E-state index in [2.05, 4.69) is 5.32 Å². The summed E-state index contributed by atoms with van der Waals surface area (Å²) < 4.78 is 15.9. The summed E-state index contributed by atoms with van der Waals surface area (Å²) in [5.74, 6) is -1.88. The van der Waals surface area contributed by atoms with Crippen LogP contribution in [-0.4, -0.2) is 33.9 Å². The normalized spacial score (nSPS) is 11.0. The van der Waals surface area contributed by atoms with Crippen LogP contribution in [0.1, 0.15) is 28.4 Å². The molecule has 2 aromatic carbocycles. The van der Waals surface area contributed by atoms with Gasteiger partial charge >= 0.3 is 5.97 Å². The molecule has 8 heteroatoms. The van der Waals surface area contributed by atoms with Gasteiger partial charge in [-0.1, -0.05) is 23.7 Å². The minimum Gasteiger partial charge on any atom is -0.477 e. The van der Waals surface area contributed by atoms with Crippen LogP contribution < -0.4 is 10.7 Å². The van der Waals surface area contributed by atoms with Crippen LogP contribution in [0.4, 0.5) is 10.1 Å². The summed E-state index contributed by atoms with van der Waals surface area (Å²) in [6.07, 6.45) is 1.41. The molecule has 1 aromatic heterocycles. The number of aromatic nitrogens is 1. The molecule has 0 fully saturated rings. The average Bonchev–Trinajstić information content (AvgIpc) is 2.68. The van der Waals surface area contributed by atoms with Gasteiger partial charge in [-0.05, 0) is 36.2 Å². The number of nitrogens with one attached hydrogen (secondary N) is 1. The Morgan fingerprint density at radius 3 is 2.72 bits per heavy atom. The predicted molar refractivity (Wildman–Crippen MR) is 111 cm³/mol. The number of carboxylic acid groups (broad SMARTS) is 1. The molecule has 0 spiro atoms. The molecule has 3 aromatic rings. The number of carbonyl (C=O) groups is 1. The van der Waals surface area contributed by atoms with Gasteiger partial charge in [0.25, 0.3) is 0 Å². The van der Waals surface area contributed by atoms with Crippen molar-refractivity contribution in [1.29, 1.82) is 0 Å². The van der Waals surface area contributed by atoms with Gasteiger partial charge in [-0.3, -0.25) is 4.79 Å². The second kappa shape index (κ2) is 8.63. The molecule has 0 unspecified atom stereocenters. The molecule has 0 radical (unpaired) electrons. The molecule has 0 bridgehead atoms. The number of fused-ring (bicyclic) bond motifs is 1. The van der Waals surface area contributed by atoms with E-state index in [0.29, 0.717) is 28.9 Å². The SMILES string of the molecule is CCNc1cc(Cc2cccc(Cl)c2F)cc2c(=O)c(C(=O)O)cn(CCO)c12. The molecule has 0 aliphatic rings. The summed E-state index contributed by atoms with van der Waals surface area (Å²) in [6, 6.07) is 8.07. The molecule has 0 aliphatic carbocycles.